The van der Waals surface area contributed by atoms with Gasteiger partial charge in [0.1, 0.15) is 29.1 Å². The molecule has 3 aromatic carbocycles. The van der Waals surface area contributed by atoms with Gasteiger partial charge in [0, 0.05) is 30.4 Å². The number of urea groups is 1. The summed E-state index contributed by atoms with van der Waals surface area (Å²) < 4.78 is 29.1. The van der Waals surface area contributed by atoms with Crippen molar-refractivity contribution in [2.75, 3.05) is 31.5 Å². The van der Waals surface area contributed by atoms with Crippen LogP contribution in [-0.4, -0.2) is 50.1 Å². The molecule has 3 aromatic rings. The van der Waals surface area contributed by atoms with Gasteiger partial charge in [0.2, 0.25) is 5.91 Å². The van der Waals surface area contributed by atoms with E-state index in [4.69, 9.17) is 14.2 Å². The minimum Gasteiger partial charge on any atom is -0.497 e. The van der Waals surface area contributed by atoms with E-state index in [1.807, 2.05) is 0 Å². The van der Waals surface area contributed by atoms with Crippen LogP contribution in [0.2, 0.25) is 0 Å². The summed E-state index contributed by atoms with van der Waals surface area (Å²) in [5, 5.41) is 2.74. The number of benzene rings is 3. The predicted octanol–water partition coefficient (Wildman–Crippen LogP) is 4.22. The summed E-state index contributed by atoms with van der Waals surface area (Å²) in [6, 6.07) is 15.3. The van der Waals surface area contributed by atoms with Crippen LogP contribution in [0, 0.1) is 5.82 Å². The van der Waals surface area contributed by atoms with E-state index in [-0.39, 0.29) is 18.7 Å². The average Bonchev–Trinajstić information content (AvgIpc) is 3.13. The summed E-state index contributed by atoms with van der Waals surface area (Å²) >= 11 is 0. The number of methoxy groups -OCH3 is 3. The number of rotatable bonds is 9. The maximum absolute atomic E-state index is 13.5. The minimum absolute atomic E-state index is 0.0805. The average molecular weight is 508 g/mol. The van der Waals surface area contributed by atoms with Crippen molar-refractivity contribution in [3.8, 4) is 17.2 Å². The van der Waals surface area contributed by atoms with Gasteiger partial charge in [-0.15, -0.1) is 0 Å². The molecule has 37 heavy (non-hydrogen) atoms. The fraction of sp³-hybridized carbons (Fsp3) is 0.222. The normalized spacial score (nSPS) is 15.1. The smallest absolute Gasteiger partial charge is 0.332 e. The molecular weight excluding hydrogens is 481 g/mol. The number of imide groups is 1. The van der Waals surface area contributed by atoms with Gasteiger partial charge in [0.05, 0.1) is 33.4 Å². The second kappa shape index (κ2) is 11.0. The van der Waals surface area contributed by atoms with E-state index >= 15 is 0 Å². The lowest BCUT2D eigenvalue weighted by Gasteiger charge is -2.22. The van der Waals surface area contributed by atoms with Crippen molar-refractivity contribution in [1.29, 1.82) is 0 Å². The highest BCUT2D eigenvalue weighted by atomic mass is 19.1. The van der Waals surface area contributed by atoms with E-state index in [2.05, 4.69) is 5.32 Å². The minimum atomic E-state index is -1.08. The lowest BCUT2D eigenvalue weighted by Crippen LogP contribution is -2.37. The van der Waals surface area contributed by atoms with Crippen molar-refractivity contribution < 1.29 is 33.0 Å². The number of amides is 4. The number of nitrogens with zero attached hydrogens (tertiary/aromatic N) is 2. The molecule has 192 valence electrons. The highest BCUT2D eigenvalue weighted by molar-refractivity contribution is 6.22. The van der Waals surface area contributed by atoms with E-state index in [0.29, 0.717) is 22.9 Å². The zero-order chi connectivity index (χ0) is 26.5. The lowest BCUT2D eigenvalue weighted by atomic mass is 10.1. The highest BCUT2D eigenvalue weighted by Crippen LogP contribution is 2.30. The van der Waals surface area contributed by atoms with Crippen molar-refractivity contribution in [2.45, 2.75) is 19.0 Å². The van der Waals surface area contributed by atoms with Crippen LogP contribution < -0.4 is 24.4 Å². The summed E-state index contributed by atoms with van der Waals surface area (Å²) in [6.07, 6.45) is -0.294. The first kappa shape index (κ1) is 25.5. The Balaban J connectivity index is 1.60. The van der Waals surface area contributed by atoms with Crippen LogP contribution in [0.15, 0.2) is 66.7 Å². The van der Waals surface area contributed by atoms with E-state index in [9.17, 15) is 18.8 Å². The molecule has 4 amide bonds. The van der Waals surface area contributed by atoms with Crippen molar-refractivity contribution in [2.24, 2.45) is 0 Å². The zero-order valence-electron chi connectivity index (χ0n) is 20.6. The fourth-order valence-electron chi connectivity index (χ4n) is 4.04. The molecule has 1 N–H and O–H groups in total. The topological polar surface area (TPSA) is 97.4 Å². The molecule has 0 aliphatic carbocycles. The van der Waals surface area contributed by atoms with Gasteiger partial charge in [-0.05, 0) is 42.0 Å². The molecule has 1 atom stereocenters. The maximum atomic E-state index is 13.5. The van der Waals surface area contributed by atoms with E-state index in [0.717, 1.165) is 10.5 Å². The van der Waals surface area contributed by atoms with E-state index in [1.54, 1.807) is 49.6 Å². The third-order valence-corrected chi connectivity index (χ3v) is 5.93. The molecule has 4 rings (SSSR count). The standard InChI is InChI=1S/C27H26FN3O6/c1-35-21-10-4-17(5-11-21)16-30-24(26(33)31(27(30)34)20-8-6-18(28)7-9-20)15-25(32)29-19-12-22(36-2)14-23(13-19)37-3/h4-14,24H,15-16H2,1-3H3,(H,29,32)/t24-/m0/s1. The zero-order valence-corrected chi connectivity index (χ0v) is 20.6. The third-order valence-electron chi connectivity index (χ3n) is 5.93. The molecule has 0 bridgehead atoms. The summed E-state index contributed by atoms with van der Waals surface area (Å²) in [6.45, 7) is 0.0805. The number of ether oxygens (including phenoxy) is 3. The molecule has 0 unspecified atom stereocenters. The molecule has 0 spiro atoms. The number of hydrogen-bond acceptors (Lipinski definition) is 6. The molecule has 0 saturated carbocycles. The highest BCUT2D eigenvalue weighted by Gasteiger charge is 2.46. The van der Waals surface area contributed by atoms with Crippen molar-refractivity contribution in [3.05, 3.63) is 78.1 Å². The summed E-state index contributed by atoms with van der Waals surface area (Å²) in [7, 11) is 4.53. The number of anilines is 2. The molecule has 1 aliphatic heterocycles. The Morgan fingerprint density at radius 1 is 0.865 bits per heavy atom. The molecule has 1 fully saturated rings. The van der Waals surface area contributed by atoms with Crippen LogP contribution in [0.4, 0.5) is 20.6 Å². The molecule has 0 radical (unpaired) electrons. The number of hydrogen-bond donors (Lipinski definition) is 1. The monoisotopic (exact) mass is 507 g/mol. The molecule has 1 saturated heterocycles. The van der Waals surface area contributed by atoms with Gasteiger partial charge >= 0.3 is 6.03 Å². The number of nitrogens with one attached hydrogen (secondary N) is 1. The Labute approximate surface area is 213 Å². The van der Waals surface area contributed by atoms with Gasteiger partial charge in [-0.3, -0.25) is 9.59 Å². The Bertz CT molecular complexity index is 1270. The number of halogens is 1. The molecule has 9 nitrogen and oxygen atoms in total. The van der Waals surface area contributed by atoms with Gasteiger partial charge in [0.25, 0.3) is 5.91 Å². The largest absolute Gasteiger partial charge is 0.497 e. The summed E-state index contributed by atoms with van der Waals surface area (Å²) in [4.78, 5) is 42.1. The Morgan fingerprint density at radius 2 is 1.46 bits per heavy atom. The van der Waals surface area contributed by atoms with Crippen LogP contribution in [0.1, 0.15) is 12.0 Å². The molecule has 0 aromatic heterocycles. The Morgan fingerprint density at radius 3 is 2.03 bits per heavy atom. The van der Waals surface area contributed by atoms with Crippen LogP contribution in [-0.2, 0) is 16.1 Å². The van der Waals surface area contributed by atoms with Crippen molar-refractivity contribution in [3.63, 3.8) is 0 Å². The molecular formula is C27H26FN3O6. The third kappa shape index (κ3) is 5.64. The van der Waals surface area contributed by atoms with Crippen molar-refractivity contribution >= 4 is 29.2 Å². The Hall–Kier alpha value is -4.60. The first-order chi connectivity index (χ1) is 17.8. The second-order valence-corrected chi connectivity index (χ2v) is 8.28. The summed E-state index contributed by atoms with van der Waals surface area (Å²) in [5.41, 5.74) is 1.37. The lowest BCUT2D eigenvalue weighted by molar-refractivity contribution is -0.124. The van der Waals surface area contributed by atoms with Gasteiger partial charge in [0.15, 0.2) is 0 Å². The van der Waals surface area contributed by atoms with Crippen LogP contribution in [0.5, 0.6) is 17.2 Å². The van der Waals surface area contributed by atoms with Gasteiger partial charge in [-0.25, -0.2) is 14.1 Å². The number of carbonyl (C=O) groups is 3. The Kier molecular flexibility index (Phi) is 7.57. The summed E-state index contributed by atoms with van der Waals surface area (Å²) in [5.74, 6) is 0.0362. The van der Waals surface area contributed by atoms with Gasteiger partial charge in [-0.2, -0.15) is 0 Å². The van der Waals surface area contributed by atoms with E-state index in [1.165, 1.54) is 43.4 Å². The van der Waals surface area contributed by atoms with Gasteiger partial charge < -0.3 is 24.4 Å². The predicted molar refractivity (Wildman–Crippen MR) is 134 cm³/mol. The molecule has 10 heteroatoms. The SMILES string of the molecule is COc1ccc(CN2C(=O)N(c3ccc(F)cc3)C(=O)[C@@H]2CC(=O)Nc2cc(OC)cc(OC)c2)cc1. The van der Waals surface area contributed by atoms with Gasteiger partial charge in [-0.1, -0.05) is 12.1 Å². The van der Waals surface area contributed by atoms with Crippen LogP contribution in [0.3, 0.4) is 0 Å². The first-order valence-corrected chi connectivity index (χ1v) is 11.4. The molecule has 1 heterocycles. The molecule has 1 aliphatic rings. The van der Waals surface area contributed by atoms with Crippen LogP contribution in [0.25, 0.3) is 0 Å². The first-order valence-electron chi connectivity index (χ1n) is 11.4. The fourth-order valence-corrected chi connectivity index (χ4v) is 4.04. The van der Waals surface area contributed by atoms with Crippen LogP contribution >= 0.6 is 0 Å². The van der Waals surface area contributed by atoms with Crippen molar-refractivity contribution in [1.82, 2.24) is 4.90 Å². The maximum Gasteiger partial charge on any atom is 0.332 e. The quantitative estimate of drug-likeness (QED) is 0.436. The second-order valence-electron chi connectivity index (χ2n) is 8.28. The van der Waals surface area contributed by atoms with E-state index < -0.39 is 29.7 Å². The number of carbonyl (C=O) groups excluding carboxylic acids is 3.